The fourth-order valence-corrected chi connectivity index (χ4v) is 3.18. The van der Waals surface area contributed by atoms with E-state index in [4.69, 9.17) is 4.42 Å². The summed E-state index contributed by atoms with van der Waals surface area (Å²) >= 11 is 0. The van der Waals surface area contributed by atoms with Crippen molar-refractivity contribution < 1.29 is 9.34 Å². The molecule has 0 unspecified atom stereocenters. The van der Waals surface area contributed by atoms with Gasteiger partial charge in [0.25, 0.3) is 5.69 Å². The van der Waals surface area contributed by atoms with Crippen LogP contribution in [0.25, 0.3) is 11.1 Å². The molecule has 25 heavy (non-hydrogen) atoms. The van der Waals surface area contributed by atoms with Gasteiger partial charge in [-0.25, -0.2) is 4.79 Å². The van der Waals surface area contributed by atoms with E-state index >= 15 is 0 Å². The molecule has 3 heterocycles. The van der Waals surface area contributed by atoms with Crippen LogP contribution in [-0.4, -0.2) is 42.9 Å². The summed E-state index contributed by atoms with van der Waals surface area (Å²) in [5.41, 5.74) is 2.74. The van der Waals surface area contributed by atoms with E-state index < -0.39 is 10.7 Å². The number of nitro benzene ring substituents is 1. The van der Waals surface area contributed by atoms with E-state index in [1.54, 1.807) is 0 Å². The zero-order valence-electron chi connectivity index (χ0n) is 13.3. The van der Waals surface area contributed by atoms with E-state index in [0.717, 1.165) is 43.9 Å². The fourth-order valence-electron chi connectivity index (χ4n) is 3.18. The van der Waals surface area contributed by atoms with Gasteiger partial charge in [-0.05, 0) is 12.5 Å². The van der Waals surface area contributed by atoms with Crippen molar-refractivity contribution in [2.24, 2.45) is 0 Å². The third-order valence-corrected chi connectivity index (χ3v) is 4.46. The number of non-ortho nitro benzene ring substituents is 1. The molecule has 0 fully saturated rings. The third-order valence-electron chi connectivity index (χ3n) is 4.46. The molecule has 0 amide bonds. The van der Waals surface area contributed by atoms with Crippen molar-refractivity contribution in [1.29, 1.82) is 0 Å². The van der Waals surface area contributed by atoms with Gasteiger partial charge in [0, 0.05) is 44.7 Å². The minimum atomic E-state index is -0.493. The fraction of sp³-hybridized carbons (Fsp3) is 0.400. The molecule has 0 bridgehead atoms. The normalized spacial score (nSPS) is 14.7. The number of aromatic nitrogens is 4. The number of oxazole rings is 1. The van der Waals surface area contributed by atoms with E-state index in [1.165, 1.54) is 22.8 Å². The number of rotatable bonds is 5. The van der Waals surface area contributed by atoms with Crippen LogP contribution in [0.3, 0.4) is 0 Å². The van der Waals surface area contributed by atoms with Crippen LogP contribution in [0.15, 0.2) is 27.4 Å². The number of aromatic amines is 1. The standard InChI is InChI=1S/C15H16N6O4/c22-15-20(13-8-10(21(23)24)2-3-14(13)25-15)6-1-5-19-7-4-11-12(9-19)17-18-16-11/h2-3,8H,1,4-7,9H2,(H,16,17,18). The zero-order valence-corrected chi connectivity index (χ0v) is 13.3. The molecule has 2 aromatic heterocycles. The van der Waals surface area contributed by atoms with E-state index in [0.29, 0.717) is 17.6 Å². The maximum absolute atomic E-state index is 12.0. The van der Waals surface area contributed by atoms with Crippen LogP contribution >= 0.6 is 0 Å². The Balaban J connectivity index is 1.46. The first-order chi connectivity index (χ1) is 12.1. The molecular weight excluding hydrogens is 328 g/mol. The van der Waals surface area contributed by atoms with Gasteiger partial charge in [-0.3, -0.25) is 19.6 Å². The summed E-state index contributed by atoms with van der Waals surface area (Å²) in [5.74, 6) is -0.493. The monoisotopic (exact) mass is 344 g/mol. The van der Waals surface area contributed by atoms with Gasteiger partial charge in [-0.15, -0.1) is 0 Å². The van der Waals surface area contributed by atoms with Crippen LogP contribution in [0.5, 0.6) is 0 Å². The van der Waals surface area contributed by atoms with Crippen LogP contribution in [0.2, 0.25) is 0 Å². The van der Waals surface area contributed by atoms with Gasteiger partial charge in [-0.2, -0.15) is 15.4 Å². The highest BCUT2D eigenvalue weighted by Gasteiger charge is 2.19. The Bertz CT molecular complexity index is 987. The largest absolute Gasteiger partial charge is 0.419 e. The number of aryl methyl sites for hydroxylation is 1. The second-order valence-electron chi connectivity index (χ2n) is 6.03. The van der Waals surface area contributed by atoms with E-state index in [-0.39, 0.29) is 5.69 Å². The second-order valence-corrected chi connectivity index (χ2v) is 6.03. The minimum Gasteiger partial charge on any atom is -0.408 e. The first-order valence-electron chi connectivity index (χ1n) is 8.00. The summed E-state index contributed by atoms with van der Waals surface area (Å²) in [7, 11) is 0. The molecule has 0 saturated heterocycles. The van der Waals surface area contributed by atoms with Gasteiger partial charge in [-0.1, -0.05) is 0 Å². The van der Waals surface area contributed by atoms with Crippen molar-refractivity contribution in [3.05, 3.63) is 50.3 Å². The highest BCUT2D eigenvalue weighted by atomic mass is 16.6. The Labute approximate surface area is 141 Å². The molecule has 4 rings (SSSR count). The first-order valence-corrected chi connectivity index (χ1v) is 8.00. The number of fused-ring (bicyclic) bond motifs is 2. The number of hydrogen-bond donors (Lipinski definition) is 1. The van der Waals surface area contributed by atoms with Crippen LogP contribution < -0.4 is 5.76 Å². The molecule has 0 atom stereocenters. The number of nitrogens with one attached hydrogen (secondary N) is 1. The van der Waals surface area contributed by atoms with Gasteiger partial charge in [0.1, 0.15) is 0 Å². The number of hydrogen-bond acceptors (Lipinski definition) is 7. The number of nitrogens with zero attached hydrogens (tertiary/aromatic N) is 5. The lowest BCUT2D eigenvalue weighted by atomic mass is 10.1. The minimum absolute atomic E-state index is 0.0587. The summed E-state index contributed by atoms with van der Waals surface area (Å²) in [6.07, 6.45) is 1.58. The van der Waals surface area contributed by atoms with Gasteiger partial charge >= 0.3 is 5.76 Å². The van der Waals surface area contributed by atoms with Crippen molar-refractivity contribution in [3.63, 3.8) is 0 Å². The lowest BCUT2D eigenvalue weighted by molar-refractivity contribution is -0.384. The van der Waals surface area contributed by atoms with Gasteiger partial charge in [0.15, 0.2) is 5.58 Å². The third kappa shape index (κ3) is 2.91. The lowest BCUT2D eigenvalue weighted by Crippen LogP contribution is -2.32. The Morgan fingerprint density at radius 3 is 2.96 bits per heavy atom. The molecule has 1 aromatic carbocycles. The lowest BCUT2D eigenvalue weighted by Gasteiger charge is -2.24. The predicted molar refractivity (Wildman–Crippen MR) is 87.1 cm³/mol. The van der Waals surface area contributed by atoms with Crippen molar-refractivity contribution >= 4 is 16.8 Å². The summed E-state index contributed by atoms with van der Waals surface area (Å²) in [6.45, 7) is 2.86. The Kier molecular flexibility index (Phi) is 3.80. The maximum atomic E-state index is 12.0. The van der Waals surface area contributed by atoms with Crippen molar-refractivity contribution in [3.8, 4) is 0 Å². The number of nitro groups is 1. The highest BCUT2D eigenvalue weighted by Crippen LogP contribution is 2.20. The van der Waals surface area contributed by atoms with Crippen molar-refractivity contribution in [2.75, 3.05) is 13.1 Å². The molecule has 1 aliphatic heterocycles. The van der Waals surface area contributed by atoms with Crippen LogP contribution in [0.1, 0.15) is 17.8 Å². The number of H-pyrrole nitrogens is 1. The molecule has 10 nitrogen and oxygen atoms in total. The SMILES string of the molecule is O=c1oc2ccc([N+](=O)[O-])cc2n1CCCN1CCc2n[nH]nc2C1. The van der Waals surface area contributed by atoms with Crippen molar-refractivity contribution in [2.45, 2.75) is 25.9 Å². The Morgan fingerprint density at radius 2 is 2.12 bits per heavy atom. The molecule has 0 saturated carbocycles. The number of benzene rings is 1. The molecule has 3 aromatic rings. The van der Waals surface area contributed by atoms with Crippen LogP contribution in [-0.2, 0) is 19.5 Å². The average Bonchev–Trinajstić information content (AvgIpc) is 3.18. The maximum Gasteiger partial charge on any atom is 0.419 e. The molecule has 1 aliphatic rings. The quantitative estimate of drug-likeness (QED) is 0.542. The smallest absolute Gasteiger partial charge is 0.408 e. The van der Waals surface area contributed by atoms with E-state index in [2.05, 4.69) is 20.3 Å². The highest BCUT2D eigenvalue weighted by molar-refractivity contribution is 5.75. The zero-order chi connectivity index (χ0) is 17.4. The summed E-state index contributed by atoms with van der Waals surface area (Å²) in [6, 6.07) is 4.17. The topological polar surface area (TPSA) is 123 Å². The summed E-state index contributed by atoms with van der Waals surface area (Å²) in [5, 5.41) is 21.8. The van der Waals surface area contributed by atoms with Crippen LogP contribution in [0, 0.1) is 10.1 Å². The van der Waals surface area contributed by atoms with Gasteiger partial charge < -0.3 is 4.42 Å². The molecule has 130 valence electrons. The Morgan fingerprint density at radius 1 is 1.28 bits per heavy atom. The Hall–Kier alpha value is -3.01. The molecule has 0 radical (unpaired) electrons. The van der Waals surface area contributed by atoms with Crippen LogP contribution in [0.4, 0.5) is 5.69 Å². The van der Waals surface area contributed by atoms with E-state index in [9.17, 15) is 14.9 Å². The predicted octanol–water partition coefficient (Wildman–Crippen LogP) is 1.07. The second kappa shape index (κ2) is 6.13. The molecule has 0 spiro atoms. The first kappa shape index (κ1) is 15.5. The van der Waals surface area contributed by atoms with Gasteiger partial charge in [0.2, 0.25) is 0 Å². The molecule has 1 N–H and O–H groups in total. The average molecular weight is 344 g/mol. The van der Waals surface area contributed by atoms with E-state index in [1.807, 2.05) is 0 Å². The van der Waals surface area contributed by atoms with Crippen molar-refractivity contribution in [1.82, 2.24) is 24.9 Å². The summed E-state index contributed by atoms with van der Waals surface area (Å²) < 4.78 is 6.61. The molecular formula is C15H16N6O4. The summed E-state index contributed by atoms with van der Waals surface area (Å²) in [4.78, 5) is 24.7. The molecule has 10 heteroatoms. The van der Waals surface area contributed by atoms with Gasteiger partial charge in [0.05, 0.1) is 21.8 Å². The molecule has 0 aliphatic carbocycles.